The summed E-state index contributed by atoms with van der Waals surface area (Å²) in [5.41, 5.74) is -0.560. The lowest BCUT2D eigenvalue weighted by Gasteiger charge is -2.31. The standard InChI is InChI=1S/C12H22N2O4/c1-12(2,3)9(10(16)17)13-11(18)14-6-4-5-8(14)7-15/h8-9,15H,4-7H2,1-3H3,(H,13,18)(H,16,17)/t8?,9-/m1/s1. The molecule has 2 atom stereocenters. The predicted octanol–water partition coefficient (Wildman–Crippen LogP) is 0.652. The summed E-state index contributed by atoms with van der Waals surface area (Å²) >= 11 is 0. The van der Waals surface area contributed by atoms with Crippen molar-refractivity contribution in [2.75, 3.05) is 13.2 Å². The normalized spacial score (nSPS) is 21.8. The largest absolute Gasteiger partial charge is 0.480 e. The maximum Gasteiger partial charge on any atom is 0.326 e. The molecule has 2 amide bonds. The number of aliphatic carboxylic acids is 1. The Morgan fingerprint density at radius 3 is 2.50 bits per heavy atom. The van der Waals surface area contributed by atoms with Crippen molar-refractivity contribution in [2.24, 2.45) is 5.41 Å². The van der Waals surface area contributed by atoms with Crippen LogP contribution in [-0.4, -0.2) is 52.3 Å². The van der Waals surface area contributed by atoms with Gasteiger partial charge in [-0.2, -0.15) is 0 Å². The number of carbonyl (C=O) groups is 2. The number of aliphatic hydroxyl groups is 1. The Morgan fingerprint density at radius 1 is 1.44 bits per heavy atom. The maximum absolute atomic E-state index is 12.0. The zero-order valence-corrected chi connectivity index (χ0v) is 11.1. The Morgan fingerprint density at radius 2 is 2.06 bits per heavy atom. The molecule has 0 aliphatic carbocycles. The minimum atomic E-state index is -1.05. The molecule has 1 rings (SSSR count). The number of aliphatic hydroxyl groups excluding tert-OH is 1. The van der Waals surface area contributed by atoms with E-state index in [1.807, 2.05) is 0 Å². The highest BCUT2D eigenvalue weighted by Crippen LogP contribution is 2.21. The van der Waals surface area contributed by atoms with Gasteiger partial charge in [-0.05, 0) is 18.3 Å². The predicted molar refractivity (Wildman–Crippen MR) is 66.2 cm³/mol. The van der Waals surface area contributed by atoms with Gasteiger partial charge in [0, 0.05) is 6.54 Å². The lowest BCUT2D eigenvalue weighted by atomic mass is 9.87. The van der Waals surface area contributed by atoms with Crippen LogP contribution in [-0.2, 0) is 4.79 Å². The van der Waals surface area contributed by atoms with Crippen molar-refractivity contribution < 1.29 is 19.8 Å². The van der Waals surface area contributed by atoms with Crippen molar-refractivity contribution >= 4 is 12.0 Å². The van der Waals surface area contributed by atoms with Crippen LogP contribution in [0.3, 0.4) is 0 Å². The van der Waals surface area contributed by atoms with Gasteiger partial charge < -0.3 is 20.4 Å². The van der Waals surface area contributed by atoms with E-state index in [1.54, 1.807) is 20.8 Å². The fourth-order valence-corrected chi connectivity index (χ4v) is 2.15. The molecule has 104 valence electrons. The zero-order valence-electron chi connectivity index (χ0n) is 11.1. The van der Waals surface area contributed by atoms with Crippen LogP contribution in [0.5, 0.6) is 0 Å². The maximum atomic E-state index is 12.0. The van der Waals surface area contributed by atoms with Gasteiger partial charge in [-0.15, -0.1) is 0 Å². The quantitative estimate of drug-likeness (QED) is 0.693. The summed E-state index contributed by atoms with van der Waals surface area (Å²) in [6, 6.07) is -1.54. The number of urea groups is 1. The van der Waals surface area contributed by atoms with Crippen molar-refractivity contribution in [1.82, 2.24) is 10.2 Å². The minimum absolute atomic E-state index is 0.0827. The summed E-state index contributed by atoms with van der Waals surface area (Å²) in [5.74, 6) is -1.05. The van der Waals surface area contributed by atoms with Crippen LogP contribution in [0.25, 0.3) is 0 Å². The van der Waals surface area contributed by atoms with E-state index in [1.165, 1.54) is 4.90 Å². The molecule has 0 radical (unpaired) electrons. The number of nitrogens with zero attached hydrogens (tertiary/aromatic N) is 1. The van der Waals surface area contributed by atoms with Crippen molar-refractivity contribution in [3.63, 3.8) is 0 Å². The molecule has 1 unspecified atom stereocenters. The van der Waals surface area contributed by atoms with E-state index in [9.17, 15) is 9.59 Å². The molecule has 0 bridgehead atoms. The van der Waals surface area contributed by atoms with Gasteiger partial charge in [-0.25, -0.2) is 9.59 Å². The molecule has 1 aliphatic rings. The Balaban J connectivity index is 2.70. The van der Waals surface area contributed by atoms with Crippen LogP contribution < -0.4 is 5.32 Å². The summed E-state index contributed by atoms with van der Waals surface area (Å²) in [6.07, 6.45) is 1.60. The molecule has 0 spiro atoms. The Bertz CT molecular complexity index is 325. The number of carbonyl (C=O) groups excluding carboxylic acids is 1. The monoisotopic (exact) mass is 258 g/mol. The molecule has 0 aromatic heterocycles. The van der Waals surface area contributed by atoms with Gasteiger partial charge >= 0.3 is 12.0 Å². The van der Waals surface area contributed by atoms with Crippen molar-refractivity contribution in [1.29, 1.82) is 0 Å². The van der Waals surface area contributed by atoms with Gasteiger partial charge in [0.2, 0.25) is 0 Å². The summed E-state index contributed by atoms with van der Waals surface area (Å²) < 4.78 is 0. The van der Waals surface area contributed by atoms with Crippen molar-refractivity contribution in [3.8, 4) is 0 Å². The van der Waals surface area contributed by atoms with Gasteiger partial charge in [0.1, 0.15) is 6.04 Å². The van der Waals surface area contributed by atoms with E-state index < -0.39 is 23.5 Å². The number of rotatable bonds is 3. The van der Waals surface area contributed by atoms with Crippen LogP contribution in [0.2, 0.25) is 0 Å². The fraction of sp³-hybridized carbons (Fsp3) is 0.833. The average molecular weight is 258 g/mol. The second-order valence-corrected chi connectivity index (χ2v) is 5.76. The Kier molecular flexibility index (Phi) is 4.56. The molecule has 0 aromatic carbocycles. The first-order valence-corrected chi connectivity index (χ1v) is 6.18. The van der Waals surface area contributed by atoms with E-state index in [2.05, 4.69) is 5.32 Å². The Hall–Kier alpha value is -1.30. The van der Waals surface area contributed by atoms with Crippen LogP contribution >= 0.6 is 0 Å². The first-order valence-electron chi connectivity index (χ1n) is 6.18. The number of carboxylic acid groups (broad SMARTS) is 1. The SMILES string of the molecule is CC(C)(C)[C@H](NC(=O)N1CCCC1CO)C(=O)O. The molecule has 1 saturated heterocycles. The molecule has 1 aliphatic heterocycles. The third-order valence-corrected chi connectivity index (χ3v) is 3.23. The van der Waals surface area contributed by atoms with Crippen LogP contribution in [0.15, 0.2) is 0 Å². The van der Waals surface area contributed by atoms with E-state index in [0.717, 1.165) is 12.8 Å². The van der Waals surface area contributed by atoms with Gasteiger partial charge in [-0.1, -0.05) is 20.8 Å². The molecular weight excluding hydrogens is 236 g/mol. The molecule has 6 nitrogen and oxygen atoms in total. The molecule has 3 N–H and O–H groups in total. The number of hydrogen-bond acceptors (Lipinski definition) is 3. The summed E-state index contributed by atoms with van der Waals surface area (Å²) in [5, 5.41) is 20.8. The first-order chi connectivity index (χ1) is 8.27. The lowest BCUT2D eigenvalue weighted by molar-refractivity contribution is -0.142. The summed E-state index contributed by atoms with van der Waals surface area (Å²) in [4.78, 5) is 24.7. The Labute approximate surface area is 107 Å². The summed E-state index contributed by atoms with van der Waals surface area (Å²) in [6.45, 7) is 5.77. The van der Waals surface area contributed by atoms with Gasteiger partial charge in [0.25, 0.3) is 0 Å². The number of nitrogens with one attached hydrogen (secondary N) is 1. The third-order valence-electron chi connectivity index (χ3n) is 3.23. The molecular formula is C12H22N2O4. The van der Waals surface area contributed by atoms with Gasteiger partial charge in [-0.3, -0.25) is 0 Å². The smallest absolute Gasteiger partial charge is 0.326 e. The second-order valence-electron chi connectivity index (χ2n) is 5.76. The topological polar surface area (TPSA) is 89.9 Å². The van der Waals surface area contributed by atoms with Crippen LogP contribution in [0.4, 0.5) is 4.79 Å². The van der Waals surface area contributed by atoms with E-state index in [-0.39, 0.29) is 12.6 Å². The highest BCUT2D eigenvalue weighted by Gasteiger charge is 2.36. The number of likely N-dealkylation sites (tertiary alicyclic amines) is 1. The van der Waals surface area contributed by atoms with Crippen LogP contribution in [0, 0.1) is 5.41 Å². The minimum Gasteiger partial charge on any atom is -0.480 e. The highest BCUT2D eigenvalue weighted by atomic mass is 16.4. The van der Waals surface area contributed by atoms with Gasteiger partial charge in [0.05, 0.1) is 12.6 Å². The lowest BCUT2D eigenvalue weighted by Crippen LogP contribution is -2.54. The second kappa shape index (κ2) is 5.56. The van der Waals surface area contributed by atoms with Crippen LogP contribution in [0.1, 0.15) is 33.6 Å². The van der Waals surface area contributed by atoms with Crippen molar-refractivity contribution in [2.45, 2.75) is 45.7 Å². The van der Waals surface area contributed by atoms with Crippen molar-refractivity contribution in [3.05, 3.63) is 0 Å². The average Bonchev–Trinajstić information content (AvgIpc) is 2.71. The number of amides is 2. The fourth-order valence-electron chi connectivity index (χ4n) is 2.15. The zero-order chi connectivity index (χ0) is 13.9. The van der Waals surface area contributed by atoms with E-state index >= 15 is 0 Å². The number of hydrogen-bond donors (Lipinski definition) is 3. The first kappa shape index (κ1) is 14.8. The molecule has 18 heavy (non-hydrogen) atoms. The highest BCUT2D eigenvalue weighted by molar-refractivity contribution is 5.83. The van der Waals surface area contributed by atoms with E-state index in [0.29, 0.717) is 6.54 Å². The summed E-state index contributed by atoms with van der Waals surface area (Å²) in [7, 11) is 0. The molecule has 6 heteroatoms. The molecule has 0 saturated carbocycles. The molecule has 0 aromatic rings. The molecule has 1 heterocycles. The third kappa shape index (κ3) is 3.35. The number of carboxylic acids is 1. The van der Waals surface area contributed by atoms with E-state index in [4.69, 9.17) is 10.2 Å². The molecule has 1 fully saturated rings. The van der Waals surface area contributed by atoms with Gasteiger partial charge in [0.15, 0.2) is 0 Å².